The van der Waals surface area contributed by atoms with Crippen molar-refractivity contribution < 1.29 is 19.5 Å². The van der Waals surface area contributed by atoms with Gasteiger partial charge in [0.05, 0.1) is 6.10 Å². The molecule has 0 radical (unpaired) electrons. The van der Waals surface area contributed by atoms with Gasteiger partial charge in [-0.15, -0.1) is 0 Å². The monoisotopic (exact) mass is 359 g/mol. The third-order valence-corrected chi connectivity index (χ3v) is 4.96. The van der Waals surface area contributed by atoms with E-state index >= 15 is 0 Å². The van der Waals surface area contributed by atoms with E-state index in [0.29, 0.717) is 25.2 Å². The van der Waals surface area contributed by atoms with Gasteiger partial charge in [0.1, 0.15) is 6.04 Å². The second-order valence-corrected chi connectivity index (χ2v) is 6.85. The maximum Gasteiger partial charge on any atom is 0.313 e. The van der Waals surface area contributed by atoms with Crippen LogP contribution in [0.15, 0.2) is 30.3 Å². The van der Waals surface area contributed by atoms with Crippen LogP contribution < -0.4 is 0 Å². The summed E-state index contributed by atoms with van der Waals surface area (Å²) in [6.45, 7) is 3.90. The summed E-state index contributed by atoms with van der Waals surface area (Å²) in [7, 11) is 0. The van der Waals surface area contributed by atoms with Gasteiger partial charge in [0.15, 0.2) is 0 Å². The standard InChI is InChI=1S/C19H25N3O4/c1-2-3-9-20-10-11-22(19(26)18(20)25)16(14-7-5-4-6-8-14)17(24)21-12-15(23)13-21/h4-8,15-16,23H,2-3,9-13H2,1H3/t16-/m0/s1. The maximum atomic E-state index is 13.0. The van der Waals surface area contributed by atoms with Crippen molar-refractivity contribution in [2.45, 2.75) is 31.9 Å². The number of unbranched alkanes of at least 4 members (excludes halogenated alkanes) is 1. The van der Waals surface area contributed by atoms with Crippen LogP contribution >= 0.6 is 0 Å². The van der Waals surface area contributed by atoms with Gasteiger partial charge in [-0.2, -0.15) is 0 Å². The fourth-order valence-electron chi connectivity index (χ4n) is 3.40. The first kappa shape index (κ1) is 18.4. The minimum Gasteiger partial charge on any atom is -0.389 e. The molecular weight excluding hydrogens is 334 g/mol. The Bertz CT molecular complexity index is 673. The molecule has 1 aromatic rings. The number of aliphatic hydroxyl groups is 1. The minimum atomic E-state index is -0.825. The van der Waals surface area contributed by atoms with Crippen LogP contribution in [-0.4, -0.2) is 76.4 Å². The predicted molar refractivity (Wildman–Crippen MR) is 95.0 cm³/mol. The molecule has 7 nitrogen and oxygen atoms in total. The molecule has 1 N–H and O–H groups in total. The molecule has 140 valence electrons. The fourth-order valence-corrected chi connectivity index (χ4v) is 3.40. The highest BCUT2D eigenvalue weighted by molar-refractivity contribution is 6.35. The molecular formula is C19H25N3O4. The van der Waals surface area contributed by atoms with Gasteiger partial charge in [-0.1, -0.05) is 43.7 Å². The van der Waals surface area contributed by atoms with Gasteiger partial charge in [0, 0.05) is 32.7 Å². The summed E-state index contributed by atoms with van der Waals surface area (Å²) >= 11 is 0. The summed E-state index contributed by atoms with van der Waals surface area (Å²) in [5, 5.41) is 9.51. The van der Waals surface area contributed by atoms with Gasteiger partial charge >= 0.3 is 11.8 Å². The van der Waals surface area contributed by atoms with E-state index < -0.39 is 24.0 Å². The summed E-state index contributed by atoms with van der Waals surface area (Å²) in [4.78, 5) is 42.7. The predicted octanol–water partition coefficient (Wildman–Crippen LogP) is 0.402. The third kappa shape index (κ3) is 3.58. The summed E-state index contributed by atoms with van der Waals surface area (Å²) in [5.41, 5.74) is 0.682. The molecule has 0 aliphatic carbocycles. The SMILES string of the molecule is CCCCN1CCN([C@H](C(=O)N2CC(O)C2)c2ccccc2)C(=O)C1=O. The lowest BCUT2D eigenvalue weighted by Gasteiger charge is -2.43. The van der Waals surface area contributed by atoms with Crippen molar-refractivity contribution in [2.24, 2.45) is 0 Å². The maximum absolute atomic E-state index is 13.0. The van der Waals surface area contributed by atoms with Crippen LogP contribution in [0.2, 0.25) is 0 Å². The van der Waals surface area contributed by atoms with E-state index in [1.54, 1.807) is 17.0 Å². The Morgan fingerprint density at radius 2 is 1.85 bits per heavy atom. The van der Waals surface area contributed by atoms with E-state index in [4.69, 9.17) is 0 Å². The Morgan fingerprint density at radius 3 is 2.46 bits per heavy atom. The molecule has 2 saturated heterocycles. The number of aliphatic hydroxyl groups excluding tert-OH is 1. The lowest BCUT2D eigenvalue weighted by atomic mass is 10.00. The second kappa shape index (κ2) is 7.86. The van der Waals surface area contributed by atoms with Gasteiger partial charge < -0.3 is 19.8 Å². The molecule has 3 amide bonds. The average molecular weight is 359 g/mol. The fraction of sp³-hybridized carbons (Fsp3) is 0.526. The van der Waals surface area contributed by atoms with Crippen molar-refractivity contribution in [3.8, 4) is 0 Å². The summed E-state index contributed by atoms with van der Waals surface area (Å²) in [6.07, 6.45) is 1.29. The first-order chi connectivity index (χ1) is 12.5. The van der Waals surface area contributed by atoms with Crippen LogP contribution in [0.4, 0.5) is 0 Å². The topological polar surface area (TPSA) is 81.2 Å². The van der Waals surface area contributed by atoms with Crippen LogP contribution in [0.5, 0.6) is 0 Å². The second-order valence-electron chi connectivity index (χ2n) is 6.85. The number of rotatable bonds is 6. The van der Waals surface area contributed by atoms with Crippen molar-refractivity contribution in [1.29, 1.82) is 0 Å². The van der Waals surface area contributed by atoms with Gasteiger partial charge in [-0.3, -0.25) is 14.4 Å². The number of hydrogen-bond donors (Lipinski definition) is 1. The van der Waals surface area contributed by atoms with Crippen LogP contribution in [0.3, 0.4) is 0 Å². The highest BCUT2D eigenvalue weighted by Gasteiger charge is 2.43. The molecule has 1 aromatic carbocycles. The van der Waals surface area contributed by atoms with Crippen molar-refractivity contribution in [1.82, 2.24) is 14.7 Å². The van der Waals surface area contributed by atoms with E-state index in [9.17, 15) is 19.5 Å². The highest BCUT2D eigenvalue weighted by atomic mass is 16.3. The number of hydrogen-bond acceptors (Lipinski definition) is 4. The smallest absolute Gasteiger partial charge is 0.313 e. The van der Waals surface area contributed by atoms with Gasteiger partial charge in [-0.25, -0.2) is 0 Å². The zero-order chi connectivity index (χ0) is 18.7. The number of carbonyl (C=O) groups excluding carboxylic acids is 3. The number of β-amino-alcohol motifs (C(OH)–C–C–N with tert-alkyl or cyclic N) is 1. The normalized spacial score (nSPS) is 19.5. The van der Waals surface area contributed by atoms with Crippen molar-refractivity contribution in [3.05, 3.63) is 35.9 Å². The number of piperazine rings is 1. The van der Waals surface area contributed by atoms with Gasteiger partial charge in [-0.05, 0) is 12.0 Å². The average Bonchev–Trinajstić information content (AvgIpc) is 2.63. The number of nitrogens with zero attached hydrogens (tertiary/aromatic N) is 3. The molecule has 0 aromatic heterocycles. The third-order valence-electron chi connectivity index (χ3n) is 4.96. The Morgan fingerprint density at radius 1 is 1.15 bits per heavy atom. The van der Waals surface area contributed by atoms with Crippen molar-refractivity contribution in [3.63, 3.8) is 0 Å². The van der Waals surface area contributed by atoms with Gasteiger partial charge in [0.25, 0.3) is 0 Å². The minimum absolute atomic E-state index is 0.246. The van der Waals surface area contributed by atoms with Crippen LogP contribution in [0, 0.1) is 0 Å². The van der Waals surface area contributed by atoms with E-state index in [1.165, 1.54) is 9.80 Å². The molecule has 2 aliphatic rings. The lowest BCUT2D eigenvalue weighted by molar-refractivity contribution is -0.163. The van der Waals surface area contributed by atoms with Crippen molar-refractivity contribution in [2.75, 3.05) is 32.7 Å². The van der Waals surface area contributed by atoms with E-state index in [-0.39, 0.29) is 19.0 Å². The largest absolute Gasteiger partial charge is 0.389 e. The van der Waals surface area contributed by atoms with Crippen LogP contribution in [0.25, 0.3) is 0 Å². The van der Waals surface area contributed by atoms with Crippen LogP contribution in [-0.2, 0) is 14.4 Å². The first-order valence-electron chi connectivity index (χ1n) is 9.14. The number of benzene rings is 1. The molecule has 1 atom stereocenters. The first-order valence-corrected chi connectivity index (χ1v) is 9.14. The van der Waals surface area contributed by atoms with Crippen LogP contribution in [0.1, 0.15) is 31.4 Å². The molecule has 2 heterocycles. The summed E-state index contributed by atoms with van der Waals surface area (Å²) < 4.78 is 0. The number of amides is 3. The molecule has 2 aliphatic heterocycles. The van der Waals surface area contributed by atoms with E-state index in [2.05, 4.69) is 0 Å². The van der Waals surface area contributed by atoms with Gasteiger partial charge in [0.2, 0.25) is 5.91 Å². The molecule has 7 heteroatoms. The Balaban J connectivity index is 1.82. The molecule has 0 spiro atoms. The van der Waals surface area contributed by atoms with E-state index in [0.717, 1.165) is 12.8 Å². The highest BCUT2D eigenvalue weighted by Crippen LogP contribution is 2.27. The zero-order valence-electron chi connectivity index (χ0n) is 15.0. The molecule has 0 bridgehead atoms. The molecule has 0 unspecified atom stereocenters. The zero-order valence-corrected chi connectivity index (χ0v) is 15.0. The summed E-state index contributed by atoms with van der Waals surface area (Å²) in [5.74, 6) is -1.41. The quantitative estimate of drug-likeness (QED) is 0.746. The van der Waals surface area contributed by atoms with Crippen molar-refractivity contribution >= 4 is 17.7 Å². The lowest BCUT2D eigenvalue weighted by Crippen LogP contribution is -2.61. The number of carbonyl (C=O) groups is 3. The molecule has 3 rings (SSSR count). The van der Waals surface area contributed by atoms with E-state index in [1.807, 2.05) is 25.1 Å². The Kier molecular flexibility index (Phi) is 5.56. The summed E-state index contributed by atoms with van der Waals surface area (Å²) in [6, 6.07) is 8.22. The molecule has 26 heavy (non-hydrogen) atoms. The molecule has 2 fully saturated rings. The molecule has 0 saturated carbocycles. The number of likely N-dealkylation sites (tertiary alicyclic amines) is 1. The Labute approximate surface area is 153 Å². The Hall–Kier alpha value is -2.41.